The van der Waals surface area contributed by atoms with Gasteiger partial charge in [-0.2, -0.15) is 0 Å². The number of rotatable bonds is 3. The topological polar surface area (TPSA) is 17.1 Å². The summed E-state index contributed by atoms with van der Waals surface area (Å²) in [7, 11) is 0. The summed E-state index contributed by atoms with van der Waals surface area (Å²) in [6.45, 7) is 0. The van der Waals surface area contributed by atoms with Gasteiger partial charge in [-0.1, -0.05) is 51.3 Å². The summed E-state index contributed by atoms with van der Waals surface area (Å²) in [6, 6.07) is 12.4. The van der Waals surface area contributed by atoms with E-state index in [1.807, 2.05) is 12.1 Å². The highest BCUT2D eigenvalue weighted by molar-refractivity contribution is 9.10. The maximum atomic E-state index is 12.1. The normalized spacial score (nSPS) is 10.4. The molecule has 92 valence electrons. The van der Waals surface area contributed by atoms with E-state index >= 15 is 0 Å². The molecule has 0 bridgehead atoms. The van der Waals surface area contributed by atoms with Crippen molar-refractivity contribution in [3.8, 4) is 0 Å². The summed E-state index contributed by atoms with van der Waals surface area (Å²) in [6.07, 6.45) is 0.246. The van der Waals surface area contributed by atoms with E-state index in [4.69, 9.17) is 23.2 Å². The minimum atomic E-state index is 0.0143. The highest BCUT2D eigenvalue weighted by Crippen LogP contribution is 2.22. The van der Waals surface area contributed by atoms with Crippen LogP contribution in [0.25, 0.3) is 0 Å². The maximum Gasteiger partial charge on any atom is 0.167 e. The average molecular weight is 344 g/mol. The van der Waals surface area contributed by atoms with Gasteiger partial charge in [-0.3, -0.25) is 4.79 Å². The van der Waals surface area contributed by atoms with Crippen molar-refractivity contribution < 1.29 is 4.79 Å². The molecule has 2 aromatic rings. The molecule has 0 aromatic heterocycles. The molecule has 0 radical (unpaired) electrons. The standard InChI is InChI=1S/C14H9BrCl2O/c15-11-3-1-2-9(6-11)14(18)8-10-7-12(16)4-5-13(10)17/h1-7H,8H2. The summed E-state index contributed by atoms with van der Waals surface area (Å²) in [4.78, 5) is 12.1. The zero-order chi connectivity index (χ0) is 13.1. The van der Waals surface area contributed by atoms with Crippen LogP contribution in [0.2, 0.25) is 10.0 Å². The fourth-order valence-corrected chi connectivity index (χ4v) is 2.39. The smallest absolute Gasteiger partial charge is 0.167 e. The highest BCUT2D eigenvalue weighted by Gasteiger charge is 2.10. The lowest BCUT2D eigenvalue weighted by atomic mass is 10.0. The molecule has 0 aliphatic rings. The van der Waals surface area contributed by atoms with Crippen LogP contribution in [0.15, 0.2) is 46.9 Å². The average Bonchev–Trinajstić information content (AvgIpc) is 2.34. The van der Waals surface area contributed by atoms with Crippen molar-refractivity contribution in [1.82, 2.24) is 0 Å². The van der Waals surface area contributed by atoms with Crippen LogP contribution >= 0.6 is 39.1 Å². The van der Waals surface area contributed by atoms with Crippen molar-refractivity contribution in [2.45, 2.75) is 6.42 Å². The van der Waals surface area contributed by atoms with Crippen molar-refractivity contribution in [2.75, 3.05) is 0 Å². The molecule has 1 nitrogen and oxygen atoms in total. The Labute approximate surface area is 124 Å². The molecule has 0 aliphatic heterocycles. The van der Waals surface area contributed by atoms with Crippen LogP contribution < -0.4 is 0 Å². The van der Waals surface area contributed by atoms with E-state index in [-0.39, 0.29) is 12.2 Å². The summed E-state index contributed by atoms with van der Waals surface area (Å²) in [5.74, 6) is 0.0143. The van der Waals surface area contributed by atoms with Gasteiger partial charge in [0.25, 0.3) is 0 Å². The van der Waals surface area contributed by atoms with Gasteiger partial charge in [0.2, 0.25) is 0 Å². The van der Waals surface area contributed by atoms with Gasteiger partial charge in [-0.05, 0) is 35.9 Å². The second-order valence-corrected chi connectivity index (χ2v) is 5.61. The molecule has 18 heavy (non-hydrogen) atoms. The molecule has 0 amide bonds. The fraction of sp³-hybridized carbons (Fsp3) is 0.0714. The third-order valence-corrected chi connectivity index (χ3v) is 3.60. The molecule has 0 heterocycles. The zero-order valence-corrected chi connectivity index (χ0v) is 12.4. The highest BCUT2D eigenvalue weighted by atomic mass is 79.9. The lowest BCUT2D eigenvalue weighted by Crippen LogP contribution is -2.04. The van der Waals surface area contributed by atoms with Crippen LogP contribution in [0.5, 0.6) is 0 Å². The predicted molar refractivity (Wildman–Crippen MR) is 78.6 cm³/mol. The van der Waals surface area contributed by atoms with Crippen LogP contribution in [-0.4, -0.2) is 5.78 Å². The Morgan fingerprint density at radius 3 is 2.61 bits per heavy atom. The largest absolute Gasteiger partial charge is 0.294 e. The van der Waals surface area contributed by atoms with Gasteiger partial charge in [0.15, 0.2) is 5.78 Å². The van der Waals surface area contributed by atoms with Gasteiger partial charge in [-0.25, -0.2) is 0 Å². The SMILES string of the molecule is O=C(Cc1cc(Cl)ccc1Cl)c1cccc(Br)c1. The first-order valence-electron chi connectivity index (χ1n) is 5.29. The summed E-state index contributed by atoms with van der Waals surface area (Å²) in [5, 5.41) is 1.14. The lowest BCUT2D eigenvalue weighted by Gasteiger charge is -2.05. The predicted octanol–water partition coefficient (Wildman–Crippen LogP) is 5.18. The number of halogens is 3. The Bertz CT molecular complexity index is 596. The Balaban J connectivity index is 2.24. The van der Waals surface area contributed by atoms with Gasteiger partial charge < -0.3 is 0 Å². The van der Waals surface area contributed by atoms with Crippen LogP contribution in [0, 0.1) is 0 Å². The van der Waals surface area contributed by atoms with E-state index < -0.39 is 0 Å². The van der Waals surface area contributed by atoms with Crippen molar-refractivity contribution >= 4 is 44.9 Å². The molecule has 0 N–H and O–H groups in total. The van der Waals surface area contributed by atoms with Gasteiger partial charge in [0.1, 0.15) is 0 Å². The van der Waals surface area contributed by atoms with E-state index in [9.17, 15) is 4.79 Å². The Kier molecular flexibility index (Phi) is 4.44. The van der Waals surface area contributed by atoms with Crippen LogP contribution in [0.1, 0.15) is 15.9 Å². The van der Waals surface area contributed by atoms with Gasteiger partial charge in [0, 0.05) is 26.5 Å². The van der Waals surface area contributed by atoms with E-state index in [2.05, 4.69) is 15.9 Å². The van der Waals surface area contributed by atoms with E-state index in [1.165, 1.54) is 0 Å². The summed E-state index contributed by atoms with van der Waals surface area (Å²) < 4.78 is 0.880. The monoisotopic (exact) mass is 342 g/mol. The number of carbonyl (C=O) groups is 1. The third kappa shape index (κ3) is 3.35. The summed E-state index contributed by atoms with van der Waals surface area (Å²) >= 11 is 15.3. The number of carbonyl (C=O) groups excluding carboxylic acids is 1. The Hall–Kier alpha value is -0.830. The zero-order valence-electron chi connectivity index (χ0n) is 9.29. The van der Waals surface area contributed by atoms with Gasteiger partial charge >= 0.3 is 0 Å². The molecule has 0 aliphatic carbocycles. The molecule has 0 fully saturated rings. The number of benzene rings is 2. The number of ketones is 1. The molecule has 0 spiro atoms. The van der Waals surface area contributed by atoms with Crippen molar-refractivity contribution in [2.24, 2.45) is 0 Å². The lowest BCUT2D eigenvalue weighted by molar-refractivity contribution is 0.0993. The van der Waals surface area contributed by atoms with Crippen LogP contribution in [-0.2, 0) is 6.42 Å². The third-order valence-electron chi connectivity index (χ3n) is 2.51. The minimum Gasteiger partial charge on any atom is -0.294 e. The van der Waals surface area contributed by atoms with Crippen molar-refractivity contribution in [3.63, 3.8) is 0 Å². The van der Waals surface area contributed by atoms with Gasteiger partial charge in [0.05, 0.1) is 0 Å². The molecule has 0 atom stereocenters. The van der Waals surface area contributed by atoms with E-state index in [1.54, 1.807) is 30.3 Å². The van der Waals surface area contributed by atoms with Crippen molar-refractivity contribution in [1.29, 1.82) is 0 Å². The Morgan fingerprint density at radius 2 is 1.89 bits per heavy atom. The molecule has 4 heteroatoms. The number of Topliss-reactive ketones (excluding diaryl/α,β-unsaturated/α-hetero) is 1. The Morgan fingerprint density at radius 1 is 1.11 bits per heavy atom. The van der Waals surface area contributed by atoms with Crippen molar-refractivity contribution in [3.05, 3.63) is 68.1 Å². The minimum absolute atomic E-state index is 0.0143. The number of hydrogen-bond acceptors (Lipinski definition) is 1. The summed E-state index contributed by atoms with van der Waals surface area (Å²) in [5.41, 5.74) is 1.40. The first-order valence-corrected chi connectivity index (χ1v) is 6.84. The quantitative estimate of drug-likeness (QED) is 0.701. The molecule has 2 aromatic carbocycles. The maximum absolute atomic E-state index is 12.1. The molecule has 0 unspecified atom stereocenters. The van der Waals surface area contributed by atoms with E-state index in [0.29, 0.717) is 15.6 Å². The molecule has 0 saturated heterocycles. The molecule has 2 rings (SSSR count). The second-order valence-electron chi connectivity index (χ2n) is 3.85. The fourth-order valence-electron chi connectivity index (χ4n) is 1.62. The van der Waals surface area contributed by atoms with Crippen LogP contribution in [0.4, 0.5) is 0 Å². The first-order chi connectivity index (χ1) is 8.56. The molecular formula is C14H9BrCl2O. The molecular weight excluding hydrogens is 335 g/mol. The first kappa shape index (κ1) is 13.6. The molecule has 0 saturated carbocycles. The van der Waals surface area contributed by atoms with E-state index in [0.717, 1.165) is 10.0 Å². The number of hydrogen-bond donors (Lipinski definition) is 0. The van der Waals surface area contributed by atoms with Crippen LogP contribution in [0.3, 0.4) is 0 Å². The van der Waals surface area contributed by atoms with Gasteiger partial charge in [-0.15, -0.1) is 0 Å². The second kappa shape index (κ2) is 5.87.